The van der Waals surface area contributed by atoms with Crippen molar-refractivity contribution in [2.45, 2.75) is 29.8 Å². The van der Waals surface area contributed by atoms with E-state index < -0.39 is 15.8 Å². The molecule has 1 saturated heterocycles. The summed E-state index contributed by atoms with van der Waals surface area (Å²) in [4.78, 5) is 14.7. The van der Waals surface area contributed by atoms with Gasteiger partial charge in [0.2, 0.25) is 10.0 Å². The van der Waals surface area contributed by atoms with Crippen molar-refractivity contribution in [2.75, 3.05) is 13.7 Å². The van der Waals surface area contributed by atoms with E-state index in [4.69, 9.17) is 4.74 Å². The third-order valence-corrected chi connectivity index (χ3v) is 7.07. The first-order valence-corrected chi connectivity index (χ1v) is 10.6. The Morgan fingerprint density at radius 2 is 1.93 bits per heavy atom. The van der Waals surface area contributed by atoms with Crippen molar-refractivity contribution in [1.82, 2.24) is 9.62 Å². The monoisotopic (exact) mass is 404 g/mol. The Labute approximate surface area is 163 Å². The van der Waals surface area contributed by atoms with Crippen LogP contribution in [-0.4, -0.2) is 45.0 Å². The number of methoxy groups -OCH3 is 1. The number of rotatable bonds is 5. The van der Waals surface area contributed by atoms with Gasteiger partial charge < -0.3 is 9.64 Å². The van der Waals surface area contributed by atoms with E-state index in [1.165, 1.54) is 19.2 Å². The smallest absolute Gasteiger partial charge is 0.254 e. The number of amides is 1. The van der Waals surface area contributed by atoms with Crippen molar-refractivity contribution >= 4 is 15.9 Å². The van der Waals surface area contributed by atoms with Crippen LogP contribution in [0.1, 0.15) is 23.2 Å². The number of hydrogen-bond donors (Lipinski definition) is 1. The predicted molar refractivity (Wildman–Crippen MR) is 101 cm³/mol. The highest BCUT2D eigenvalue weighted by Crippen LogP contribution is 2.39. The quantitative estimate of drug-likeness (QED) is 0.831. The van der Waals surface area contributed by atoms with Crippen molar-refractivity contribution in [3.8, 4) is 5.75 Å². The first kappa shape index (κ1) is 18.9. The number of fused-ring (bicyclic) bond motifs is 2. The van der Waals surface area contributed by atoms with E-state index in [9.17, 15) is 17.6 Å². The summed E-state index contributed by atoms with van der Waals surface area (Å²) < 4.78 is 46.7. The van der Waals surface area contributed by atoms with E-state index in [0.29, 0.717) is 13.0 Å². The summed E-state index contributed by atoms with van der Waals surface area (Å²) in [5, 5.41) is 0. The Bertz CT molecular complexity index is 997. The van der Waals surface area contributed by atoms with Crippen LogP contribution in [0.15, 0.2) is 53.4 Å². The molecule has 0 unspecified atom stereocenters. The number of piperidine rings is 1. The Morgan fingerprint density at radius 1 is 1.18 bits per heavy atom. The van der Waals surface area contributed by atoms with E-state index in [-0.39, 0.29) is 40.1 Å². The number of hydrogen-bond acceptors (Lipinski definition) is 4. The molecule has 2 aromatic rings. The van der Waals surface area contributed by atoms with E-state index in [1.54, 1.807) is 41.3 Å². The van der Waals surface area contributed by atoms with Gasteiger partial charge in [0.05, 0.1) is 12.0 Å². The molecule has 28 heavy (non-hydrogen) atoms. The summed E-state index contributed by atoms with van der Waals surface area (Å²) >= 11 is 0. The first-order chi connectivity index (χ1) is 13.4. The summed E-state index contributed by atoms with van der Waals surface area (Å²) in [6.45, 7) is 0.457. The normalized spacial score (nSPS) is 23.8. The molecule has 2 aromatic carbocycles. The minimum atomic E-state index is -3.59. The van der Waals surface area contributed by atoms with Crippen LogP contribution >= 0.6 is 0 Å². The molecular formula is C20H21FN2O4S. The number of carbonyl (C=O) groups excluding carboxylic acids is 1. The van der Waals surface area contributed by atoms with Gasteiger partial charge in [-0.15, -0.1) is 0 Å². The average molecular weight is 404 g/mol. The Morgan fingerprint density at radius 3 is 2.54 bits per heavy atom. The van der Waals surface area contributed by atoms with Crippen LogP contribution in [0.5, 0.6) is 5.75 Å². The topological polar surface area (TPSA) is 75.7 Å². The SMILES string of the molecule is COc1ccc(C(=O)N2C[C@@H]3C[C@H]2C[C@@H]3NS(=O)(=O)c2ccccc2)cc1F. The molecule has 3 atom stereocenters. The molecule has 4 rings (SSSR count). The van der Waals surface area contributed by atoms with Gasteiger partial charge >= 0.3 is 0 Å². The molecule has 1 N–H and O–H groups in total. The maximum atomic E-state index is 13.9. The van der Waals surface area contributed by atoms with Crippen molar-refractivity contribution in [3.63, 3.8) is 0 Å². The average Bonchev–Trinajstić information content (AvgIpc) is 3.28. The maximum Gasteiger partial charge on any atom is 0.254 e. The van der Waals surface area contributed by atoms with Gasteiger partial charge in [0.15, 0.2) is 11.6 Å². The molecule has 1 aliphatic heterocycles. The summed E-state index contributed by atoms with van der Waals surface area (Å²) in [6, 6.07) is 12.2. The van der Waals surface area contributed by atoms with Crippen LogP contribution in [0.3, 0.4) is 0 Å². The van der Waals surface area contributed by atoms with Crippen LogP contribution in [0.25, 0.3) is 0 Å². The molecule has 0 radical (unpaired) electrons. The molecule has 2 bridgehead atoms. The predicted octanol–water partition coefficient (Wildman–Crippen LogP) is 2.42. The van der Waals surface area contributed by atoms with Crippen LogP contribution in [-0.2, 0) is 10.0 Å². The number of sulfonamides is 1. The highest BCUT2D eigenvalue weighted by Gasteiger charge is 2.47. The lowest BCUT2D eigenvalue weighted by Crippen LogP contribution is -2.47. The number of ether oxygens (including phenoxy) is 1. The van der Waals surface area contributed by atoms with E-state index in [2.05, 4.69) is 4.72 Å². The number of likely N-dealkylation sites (tertiary alicyclic amines) is 1. The molecule has 0 spiro atoms. The minimum absolute atomic E-state index is 0.0499. The lowest BCUT2D eigenvalue weighted by molar-refractivity contribution is 0.0691. The van der Waals surface area contributed by atoms with E-state index in [0.717, 1.165) is 6.42 Å². The standard InChI is InChI=1S/C20H21FN2O4S/c1-27-19-8-7-13(10-17(19)21)20(24)23-12-14-9-15(23)11-18(14)22-28(25,26)16-5-3-2-4-6-16/h2-8,10,14-15,18,22H,9,11-12H2,1H3/t14-,15-,18-/m0/s1. The third kappa shape index (κ3) is 3.38. The highest BCUT2D eigenvalue weighted by atomic mass is 32.2. The second-order valence-electron chi connectivity index (χ2n) is 7.23. The molecule has 2 fully saturated rings. The first-order valence-electron chi connectivity index (χ1n) is 9.11. The molecule has 1 heterocycles. The number of nitrogens with zero attached hydrogens (tertiary/aromatic N) is 1. The number of halogens is 1. The maximum absolute atomic E-state index is 13.9. The zero-order valence-corrected chi connectivity index (χ0v) is 16.2. The van der Waals surface area contributed by atoms with Crippen molar-refractivity contribution in [3.05, 3.63) is 59.9 Å². The fourth-order valence-corrected chi connectivity index (χ4v) is 5.52. The lowest BCUT2D eigenvalue weighted by Gasteiger charge is -2.32. The van der Waals surface area contributed by atoms with Gasteiger partial charge in [-0.3, -0.25) is 4.79 Å². The lowest BCUT2D eigenvalue weighted by atomic mass is 10.0. The summed E-state index contributed by atoms with van der Waals surface area (Å²) in [6.07, 6.45) is 1.30. The van der Waals surface area contributed by atoms with Crippen LogP contribution in [0.4, 0.5) is 4.39 Å². The number of benzene rings is 2. The number of nitrogens with one attached hydrogen (secondary N) is 1. The van der Waals surface area contributed by atoms with Crippen LogP contribution in [0.2, 0.25) is 0 Å². The Hall–Kier alpha value is -2.45. The van der Waals surface area contributed by atoms with Gasteiger partial charge in [-0.05, 0) is 49.1 Å². The summed E-state index contributed by atoms with van der Waals surface area (Å²) in [5.74, 6) is -0.671. The molecular weight excluding hydrogens is 383 g/mol. The fraction of sp³-hybridized carbons (Fsp3) is 0.350. The Kier molecular flexibility index (Phi) is 4.84. The summed E-state index contributed by atoms with van der Waals surface area (Å²) in [7, 11) is -2.22. The number of carbonyl (C=O) groups is 1. The molecule has 1 aliphatic carbocycles. The minimum Gasteiger partial charge on any atom is -0.494 e. The van der Waals surface area contributed by atoms with Crippen LogP contribution < -0.4 is 9.46 Å². The molecule has 1 saturated carbocycles. The van der Waals surface area contributed by atoms with Crippen LogP contribution in [0, 0.1) is 11.7 Å². The molecule has 8 heteroatoms. The van der Waals surface area contributed by atoms with Gasteiger partial charge in [0.25, 0.3) is 5.91 Å². The fourth-order valence-electron chi connectivity index (χ4n) is 4.18. The van der Waals surface area contributed by atoms with E-state index >= 15 is 0 Å². The molecule has 0 aromatic heterocycles. The van der Waals surface area contributed by atoms with Crippen molar-refractivity contribution in [2.24, 2.45) is 5.92 Å². The van der Waals surface area contributed by atoms with Gasteiger partial charge in [0.1, 0.15) is 0 Å². The van der Waals surface area contributed by atoms with Crippen molar-refractivity contribution in [1.29, 1.82) is 0 Å². The summed E-state index contributed by atoms with van der Waals surface area (Å²) in [5.41, 5.74) is 0.271. The second kappa shape index (κ2) is 7.18. The Balaban J connectivity index is 1.44. The van der Waals surface area contributed by atoms with Gasteiger partial charge in [-0.2, -0.15) is 0 Å². The zero-order valence-electron chi connectivity index (χ0n) is 15.3. The van der Waals surface area contributed by atoms with Gasteiger partial charge in [0, 0.05) is 24.2 Å². The van der Waals surface area contributed by atoms with E-state index in [1.807, 2.05) is 0 Å². The molecule has 148 valence electrons. The molecule has 6 nitrogen and oxygen atoms in total. The van der Waals surface area contributed by atoms with Gasteiger partial charge in [-0.1, -0.05) is 18.2 Å². The van der Waals surface area contributed by atoms with Gasteiger partial charge in [-0.25, -0.2) is 17.5 Å². The highest BCUT2D eigenvalue weighted by molar-refractivity contribution is 7.89. The largest absolute Gasteiger partial charge is 0.494 e. The second-order valence-corrected chi connectivity index (χ2v) is 8.95. The molecule has 1 amide bonds. The van der Waals surface area contributed by atoms with Crippen molar-refractivity contribution < 1.29 is 22.3 Å². The zero-order chi connectivity index (χ0) is 19.9. The third-order valence-electron chi connectivity index (χ3n) is 5.56. The molecule has 2 aliphatic rings.